The topological polar surface area (TPSA) is 55.8 Å². The van der Waals surface area contributed by atoms with Crippen LogP contribution in [-0.4, -0.2) is 42.8 Å². The molecular weight excluding hydrogens is 234 g/mol. The van der Waals surface area contributed by atoms with E-state index in [0.717, 1.165) is 32.1 Å². The van der Waals surface area contributed by atoms with E-state index in [-0.39, 0.29) is 24.0 Å². The van der Waals surface area contributed by atoms with E-state index in [1.54, 1.807) is 4.90 Å². The highest BCUT2D eigenvalue weighted by Crippen LogP contribution is 2.35. The molecule has 0 spiro atoms. The smallest absolute Gasteiger partial charge is 0.410 e. The lowest BCUT2D eigenvalue weighted by atomic mass is 9.83. The average molecular weight is 255 g/mol. The van der Waals surface area contributed by atoms with Gasteiger partial charge in [-0.05, 0) is 25.2 Å². The molecule has 0 aromatic heterocycles. The number of hydrogen-bond donors (Lipinski definition) is 0. The maximum absolute atomic E-state index is 12.0. The Labute approximate surface area is 107 Å². The minimum atomic E-state index is -0.449. The van der Waals surface area contributed by atoms with Gasteiger partial charge in [0.05, 0.1) is 13.2 Å². The van der Waals surface area contributed by atoms with Gasteiger partial charge in [-0.2, -0.15) is 0 Å². The molecule has 2 aliphatic rings. The van der Waals surface area contributed by atoms with E-state index in [1.165, 1.54) is 7.11 Å². The molecule has 0 aromatic carbocycles. The molecule has 2 heterocycles. The van der Waals surface area contributed by atoms with E-state index in [2.05, 4.69) is 6.92 Å². The third kappa shape index (κ3) is 2.31. The Hall–Kier alpha value is -1.26. The van der Waals surface area contributed by atoms with Crippen molar-refractivity contribution < 1.29 is 19.1 Å². The molecule has 2 fully saturated rings. The summed E-state index contributed by atoms with van der Waals surface area (Å²) in [4.78, 5) is 25.3. The number of methoxy groups -OCH3 is 1. The Balaban J connectivity index is 2.16. The van der Waals surface area contributed by atoms with Crippen molar-refractivity contribution in [2.75, 3.05) is 13.7 Å². The second-order valence-corrected chi connectivity index (χ2v) is 5.09. The van der Waals surface area contributed by atoms with Crippen LogP contribution in [-0.2, 0) is 14.3 Å². The van der Waals surface area contributed by atoms with Crippen LogP contribution < -0.4 is 0 Å². The third-order valence-corrected chi connectivity index (χ3v) is 3.99. The predicted molar refractivity (Wildman–Crippen MR) is 65.0 cm³/mol. The Bertz CT molecular complexity index is 331. The highest BCUT2D eigenvalue weighted by atomic mass is 16.6. The van der Waals surface area contributed by atoms with Gasteiger partial charge in [-0.25, -0.2) is 9.59 Å². The molecule has 0 aliphatic carbocycles. The zero-order chi connectivity index (χ0) is 13.1. The first-order valence-corrected chi connectivity index (χ1v) is 6.72. The zero-order valence-corrected chi connectivity index (χ0v) is 11.1. The van der Waals surface area contributed by atoms with Gasteiger partial charge < -0.3 is 9.47 Å². The van der Waals surface area contributed by atoms with Crippen molar-refractivity contribution in [3.63, 3.8) is 0 Å². The van der Waals surface area contributed by atoms with Gasteiger partial charge in [-0.15, -0.1) is 0 Å². The van der Waals surface area contributed by atoms with Gasteiger partial charge in [0.15, 0.2) is 0 Å². The summed E-state index contributed by atoms with van der Waals surface area (Å²) in [6.45, 7) is 2.54. The molecule has 3 atom stereocenters. The van der Waals surface area contributed by atoms with E-state index in [1.807, 2.05) is 0 Å². The van der Waals surface area contributed by atoms with Crippen LogP contribution in [0.1, 0.15) is 39.0 Å². The van der Waals surface area contributed by atoms with Crippen molar-refractivity contribution in [1.82, 2.24) is 4.90 Å². The molecule has 2 saturated heterocycles. The lowest BCUT2D eigenvalue weighted by Crippen LogP contribution is -2.54. The van der Waals surface area contributed by atoms with Gasteiger partial charge >= 0.3 is 12.1 Å². The van der Waals surface area contributed by atoms with E-state index in [9.17, 15) is 9.59 Å². The molecule has 0 radical (unpaired) electrons. The van der Waals surface area contributed by atoms with Gasteiger partial charge in [0, 0.05) is 0 Å². The average Bonchev–Trinajstić information content (AvgIpc) is 2.77. The zero-order valence-electron chi connectivity index (χ0n) is 11.1. The Morgan fingerprint density at radius 1 is 1.50 bits per heavy atom. The van der Waals surface area contributed by atoms with Crippen LogP contribution in [0, 0.1) is 5.92 Å². The molecule has 1 amide bonds. The first-order chi connectivity index (χ1) is 8.69. The van der Waals surface area contributed by atoms with Crippen molar-refractivity contribution in [3.8, 4) is 0 Å². The van der Waals surface area contributed by atoms with Crippen LogP contribution in [0.4, 0.5) is 4.79 Å². The molecule has 2 aliphatic heterocycles. The van der Waals surface area contributed by atoms with Crippen molar-refractivity contribution >= 4 is 12.1 Å². The molecule has 0 bridgehead atoms. The first kappa shape index (κ1) is 13.2. The van der Waals surface area contributed by atoms with Crippen LogP contribution in [0.2, 0.25) is 0 Å². The number of fused-ring (bicyclic) bond motifs is 1. The van der Waals surface area contributed by atoms with Gasteiger partial charge in [-0.1, -0.05) is 19.8 Å². The number of ether oxygens (including phenoxy) is 2. The molecule has 0 unspecified atom stereocenters. The number of piperidine rings is 1. The summed E-state index contributed by atoms with van der Waals surface area (Å²) in [5, 5.41) is 0. The predicted octanol–water partition coefficient (Wildman–Crippen LogP) is 1.95. The largest absolute Gasteiger partial charge is 0.467 e. The van der Waals surface area contributed by atoms with Crippen molar-refractivity contribution in [2.24, 2.45) is 5.92 Å². The highest BCUT2D eigenvalue weighted by molar-refractivity contribution is 5.83. The minimum Gasteiger partial charge on any atom is -0.467 e. The lowest BCUT2D eigenvalue weighted by molar-refractivity contribution is -0.150. The van der Waals surface area contributed by atoms with Crippen LogP contribution in [0.15, 0.2) is 0 Å². The summed E-state index contributed by atoms with van der Waals surface area (Å²) in [5.41, 5.74) is 0. The van der Waals surface area contributed by atoms with Crippen molar-refractivity contribution in [3.05, 3.63) is 0 Å². The van der Waals surface area contributed by atoms with Gasteiger partial charge in [0.2, 0.25) is 0 Å². The maximum atomic E-state index is 12.0. The van der Waals surface area contributed by atoms with Gasteiger partial charge in [0.25, 0.3) is 0 Å². The first-order valence-electron chi connectivity index (χ1n) is 6.72. The fourth-order valence-corrected chi connectivity index (χ4v) is 3.02. The number of cyclic esters (lactones) is 1. The standard InChI is InChI=1S/C13H21NO4/c1-3-4-5-9-6-7-10-8-18-13(16)14(10)11(9)12(15)17-2/h9-11H,3-8H2,1-2H3/t9-,10-,11-/m0/s1. The van der Waals surface area contributed by atoms with Crippen LogP contribution in [0.25, 0.3) is 0 Å². The van der Waals surface area contributed by atoms with Gasteiger partial charge in [-0.3, -0.25) is 4.90 Å². The highest BCUT2D eigenvalue weighted by Gasteiger charge is 2.48. The number of carbonyl (C=O) groups excluding carboxylic acids is 2. The number of unbranched alkanes of at least 4 members (excludes halogenated alkanes) is 1. The van der Waals surface area contributed by atoms with Crippen LogP contribution in [0.3, 0.4) is 0 Å². The molecule has 18 heavy (non-hydrogen) atoms. The minimum absolute atomic E-state index is 0.0551. The SMILES string of the molecule is CCCC[C@H]1CC[C@H]2COC(=O)N2[C@@H]1C(=O)OC. The second kappa shape index (κ2) is 5.59. The van der Waals surface area contributed by atoms with Crippen LogP contribution >= 0.6 is 0 Å². The maximum Gasteiger partial charge on any atom is 0.410 e. The Kier molecular flexibility index (Phi) is 4.09. The lowest BCUT2D eigenvalue weighted by Gasteiger charge is -2.39. The van der Waals surface area contributed by atoms with E-state index >= 15 is 0 Å². The summed E-state index contributed by atoms with van der Waals surface area (Å²) in [5.74, 6) is -0.0982. The number of carbonyl (C=O) groups is 2. The van der Waals surface area contributed by atoms with E-state index in [0.29, 0.717) is 6.61 Å². The number of nitrogens with zero attached hydrogens (tertiary/aromatic N) is 1. The second-order valence-electron chi connectivity index (χ2n) is 5.09. The number of esters is 1. The Morgan fingerprint density at radius 2 is 2.28 bits per heavy atom. The van der Waals surface area contributed by atoms with Crippen LogP contribution in [0.5, 0.6) is 0 Å². The van der Waals surface area contributed by atoms with Crippen molar-refractivity contribution in [2.45, 2.75) is 51.1 Å². The Morgan fingerprint density at radius 3 is 2.94 bits per heavy atom. The molecule has 0 aromatic rings. The number of rotatable bonds is 4. The summed E-state index contributed by atoms with van der Waals surface area (Å²) >= 11 is 0. The number of amides is 1. The summed E-state index contributed by atoms with van der Waals surface area (Å²) in [6, 6.07) is -0.394. The van der Waals surface area contributed by atoms with Crippen molar-refractivity contribution in [1.29, 1.82) is 0 Å². The number of hydrogen-bond acceptors (Lipinski definition) is 4. The molecule has 102 valence electrons. The molecule has 5 nitrogen and oxygen atoms in total. The normalized spacial score (nSPS) is 30.9. The molecule has 5 heteroatoms. The monoisotopic (exact) mass is 255 g/mol. The quantitative estimate of drug-likeness (QED) is 0.720. The summed E-state index contributed by atoms with van der Waals surface area (Å²) in [6.07, 6.45) is 4.67. The fraction of sp³-hybridized carbons (Fsp3) is 0.846. The fourth-order valence-electron chi connectivity index (χ4n) is 3.02. The molecule has 0 saturated carbocycles. The molecule has 0 N–H and O–H groups in total. The van der Waals surface area contributed by atoms with Gasteiger partial charge in [0.1, 0.15) is 12.6 Å². The molecular formula is C13H21NO4. The third-order valence-electron chi connectivity index (χ3n) is 3.99. The van der Waals surface area contributed by atoms with E-state index < -0.39 is 6.04 Å². The molecule has 2 rings (SSSR count). The van der Waals surface area contributed by atoms with E-state index in [4.69, 9.17) is 9.47 Å². The summed E-state index contributed by atoms with van der Waals surface area (Å²) in [7, 11) is 1.38. The summed E-state index contributed by atoms with van der Waals surface area (Å²) < 4.78 is 9.92.